The van der Waals surface area contributed by atoms with E-state index in [2.05, 4.69) is 41.5 Å². The van der Waals surface area contributed by atoms with E-state index in [-0.39, 0.29) is 11.9 Å². The van der Waals surface area contributed by atoms with Crippen LogP contribution in [-0.2, 0) is 4.79 Å². The molecule has 6 heteroatoms. The van der Waals surface area contributed by atoms with Gasteiger partial charge in [-0.15, -0.1) is 11.8 Å². The molecular weight excluding hydrogens is 400 g/mol. The molecule has 0 aliphatic carbocycles. The highest BCUT2D eigenvalue weighted by Crippen LogP contribution is 2.30. The SMILES string of the molecule is CCCSc1ccc(/C=C(\C)C(=O)NC2=NC(c3ccc(OC)cc3)CS2)cc1. The number of aliphatic imine (C=N–C) groups is 1. The summed E-state index contributed by atoms with van der Waals surface area (Å²) in [6.45, 7) is 4.01. The summed E-state index contributed by atoms with van der Waals surface area (Å²) in [6.07, 6.45) is 3.07. The van der Waals surface area contributed by atoms with Gasteiger partial charge in [0.15, 0.2) is 5.17 Å². The smallest absolute Gasteiger partial charge is 0.252 e. The first-order valence-electron chi connectivity index (χ1n) is 9.66. The van der Waals surface area contributed by atoms with E-state index < -0.39 is 0 Å². The number of hydrogen-bond acceptors (Lipinski definition) is 5. The van der Waals surface area contributed by atoms with E-state index in [9.17, 15) is 4.79 Å². The summed E-state index contributed by atoms with van der Waals surface area (Å²) < 4.78 is 5.20. The molecule has 152 valence electrons. The normalized spacial score (nSPS) is 16.4. The van der Waals surface area contributed by atoms with Crippen LogP contribution in [0.3, 0.4) is 0 Å². The molecule has 0 fully saturated rings. The molecule has 2 aromatic carbocycles. The van der Waals surface area contributed by atoms with E-state index in [1.165, 1.54) is 4.90 Å². The summed E-state index contributed by atoms with van der Waals surface area (Å²) in [7, 11) is 1.65. The first-order valence-corrected chi connectivity index (χ1v) is 11.6. The molecule has 29 heavy (non-hydrogen) atoms. The Morgan fingerprint density at radius 3 is 2.62 bits per heavy atom. The Morgan fingerprint density at radius 2 is 1.97 bits per heavy atom. The lowest BCUT2D eigenvalue weighted by Crippen LogP contribution is -2.27. The van der Waals surface area contributed by atoms with E-state index >= 15 is 0 Å². The van der Waals surface area contributed by atoms with Gasteiger partial charge in [-0.25, -0.2) is 0 Å². The number of carbonyl (C=O) groups excluding carboxylic acids is 1. The van der Waals surface area contributed by atoms with E-state index in [4.69, 9.17) is 4.74 Å². The number of benzene rings is 2. The molecule has 0 aromatic heterocycles. The van der Waals surface area contributed by atoms with Crippen LogP contribution in [0.2, 0.25) is 0 Å². The van der Waals surface area contributed by atoms with E-state index in [1.54, 1.807) is 18.9 Å². The van der Waals surface area contributed by atoms with Gasteiger partial charge < -0.3 is 10.1 Å². The van der Waals surface area contributed by atoms with E-state index in [0.29, 0.717) is 10.7 Å². The molecule has 0 saturated carbocycles. The third-order valence-electron chi connectivity index (χ3n) is 4.47. The predicted molar refractivity (Wildman–Crippen MR) is 125 cm³/mol. The number of hydrogen-bond donors (Lipinski definition) is 1. The fraction of sp³-hybridized carbons (Fsp3) is 0.304. The van der Waals surface area contributed by atoms with Gasteiger partial charge in [-0.2, -0.15) is 0 Å². The van der Waals surface area contributed by atoms with Crippen molar-refractivity contribution in [2.24, 2.45) is 4.99 Å². The van der Waals surface area contributed by atoms with Crippen molar-refractivity contribution in [1.29, 1.82) is 0 Å². The molecule has 1 N–H and O–H groups in total. The Labute approximate surface area is 181 Å². The van der Waals surface area contributed by atoms with Crippen molar-refractivity contribution in [2.75, 3.05) is 18.6 Å². The lowest BCUT2D eigenvalue weighted by Gasteiger charge is -2.07. The molecule has 4 nitrogen and oxygen atoms in total. The topological polar surface area (TPSA) is 50.7 Å². The Balaban J connectivity index is 1.59. The number of nitrogens with zero attached hydrogens (tertiary/aromatic N) is 1. The molecule has 0 radical (unpaired) electrons. The van der Waals surface area contributed by atoms with Gasteiger partial charge in [0, 0.05) is 16.2 Å². The van der Waals surface area contributed by atoms with Crippen molar-refractivity contribution in [2.45, 2.75) is 31.2 Å². The maximum absolute atomic E-state index is 12.5. The largest absolute Gasteiger partial charge is 0.497 e. The number of amides is 1. The molecular formula is C23H26N2O2S2. The quantitative estimate of drug-likeness (QED) is 0.465. The van der Waals surface area contributed by atoms with Crippen LogP contribution in [-0.4, -0.2) is 29.7 Å². The summed E-state index contributed by atoms with van der Waals surface area (Å²) in [5.74, 6) is 2.65. The van der Waals surface area contributed by atoms with Gasteiger partial charge in [-0.1, -0.05) is 43.0 Å². The summed E-state index contributed by atoms with van der Waals surface area (Å²) in [4.78, 5) is 18.5. The number of methoxy groups -OCH3 is 1. The number of nitrogens with one attached hydrogen (secondary N) is 1. The van der Waals surface area contributed by atoms with Crippen molar-refractivity contribution in [3.05, 3.63) is 65.2 Å². The van der Waals surface area contributed by atoms with Crippen molar-refractivity contribution < 1.29 is 9.53 Å². The number of rotatable bonds is 7. The van der Waals surface area contributed by atoms with Crippen molar-refractivity contribution in [3.8, 4) is 5.75 Å². The van der Waals surface area contributed by atoms with Gasteiger partial charge in [0.2, 0.25) is 0 Å². The second-order valence-corrected chi connectivity index (χ2v) is 8.91. The fourth-order valence-corrected chi connectivity index (χ4v) is 4.55. The average molecular weight is 427 g/mol. The lowest BCUT2D eigenvalue weighted by molar-refractivity contribution is -0.116. The number of thioether (sulfide) groups is 2. The van der Waals surface area contributed by atoms with Crippen LogP contribution in [0.5, 0.6) is 5.75 Å². The number of amidine groups is 1. The van der Waals surface area contributed by atoms with Crippen LogP contribution < -0.4 is 10.1 Å². The van der Waals surface area contributed by atoms with Crippen LogP contribution >= 0.6 is 23.5 Å². The van der Waals surface area contributed by atoms with Gasteiger partial charge in [0.25, 0.3) is 5.91 Å². The third kappa shape index (κ3) is 6.15. The van der Waals surface area contributed by atoms with Crippen LogP contribution in [0.1, 0.15) is 37.4 Å². The zero-order valence-corrected chi connectivity index (χ0v) is 18.6. The Morgan fingerprint density at radius 1 is 1.24 bits per heavy atom. The van der Waals surface area contributed by atoms with Crippen molar-refractivity contribution in [1.82, 2.24) is 5.32 Å². The minimum absolute atomic E-state index is 0.0543. The highest BCUT2D eigenvalue weighted by Gasteiger charge is 2.21. The lowest BCUT2D eigenvalue weighted by atomic mass is 10.1. The van der Waals surface area contributed by atoms with Crippen molar-refractivity contribution >= 4 is 40.7 Å². The van der Waals surface area contributed by atoms with Crippen LogP contribution in [0.15, 0.2) is 64.0 Å². The van der Waals surface area contributed by atoms with E-state index in [0.717, 1.165) is 34.8 Å². The Hall–Kier alpha value is -2.18. The first kappa shape index (κ1) is 21.5. The molecule has 1 heterocycles. The molecule has 1 atom stereocenters. The third-order valence-corrected chi connectivity index (χ3v) is 6.65. The first-order chi connectivity index (χ1) is 14.1. The molecule has 2 aromatic rings. The predicted octanol–water partition coefficient (Wildman–Crippen LogP) is 5.56. The van der Waals surface area contributed by atoms with Crippen LogP contribution in [0.4, 0.5) is 0 Å². The zero-order chi connectivity index (χ0) is 20.6. The van der Waals surface area contributed by atoms with Gasteiger partial charge in [-0.05, 0) is 60.6 Å². The fourth-order valence-electron chi connectivity index (χ4n) is 2.83. The molecule has 1 aliphatic rings. The molecule has 0 bridgehead atoms. The second-order valence-electron chi connectivity index (χ2n) is 6.73. The summed E-state index contributed by atoms with van der Waals surface area (Å²) in [5, 5.41) is 3.61. The van der Waals surface area contributed by atoms with Crippen LogP contribution in [0.25, 0.3) is 6.08 Å². The minimum Gasteiger partial charge on any atom is -0.497 e. The molecule has 3 rings (SSSR count). The number of carbonyl (C=O) groups is 1. The molecule has 1 amide bonds. The van der Waals surface area contributed by atoms with Gasteiger partial charge >= 0.3 is 0 Å². The average Bonchev–Trinajstić information content (AvgIpc) is 3.21. The minimum atomic E-state index is -0.115. The molecule has 0 spiro atoms. The van der Waals surface area contributed by atoms with Gasteiger partial charge in [-0.3, -0.25) is 9.79 Å². The Kier molecular flexibility index (Phi) is 7.83. The summed E-state index contributed by atoms with van der Waals surface area (Å²) >= 11 is 3.42. The van der Waals surface area contributed by atoms with Crippen molar-refractivity contribution in [3.63, 3.8) is 0 Å². The van der Waals surface area contributed by atoms with Gasteiger partial charge in [0.1, 0.15) is 5.75 Å². The van der Waals surface area contributed by atoms with E-state index in [1.807, 2.05) is 49.0 Å². The highest BCUT2D eigenvalue weighted by atomic mass is 32.2. The maximum atomic E-state index is 12.5. The van der Waals surface area contributed by atoms with Gasteiger partial charge in [0.05, 0.1) is 13.2 Å². The van der Waals surface area contributed by atoms with Crippen LogP contribution in [0, 0.1) is 0 Å². The zero-order valence-electron chi connectivity index (χ0n) is 17.0. The maximum Gasteiger partial charge on any atom is 0.252 e. The number of ether oxygens (including phenoxy) is 1. The summed E-state index contributed by atoms with van der Waals surface area (Å²) in [6, 6.07) is 16.3. The molecule has 1 aliphatic heterocycles. The monoisotopic (exact) mass is 426 g/mol. The summed E-state index contributed by atoms with van der Waals surface area (Å²) in [5.41, 5.74) is 2.81. The highest BCUT2D eigenvalue weighted by molar-refractivity contribution is 8.14. The molecule has 0 saturated heterocycles. The molecule has 1 unspecified atom stereocenters. The standard InChI is InChI=1S/C23H26N2O2S2/c1-4-13-28-20-11-5-17(6-12-20)14-16(2)22(26)25-23-24-21(15-29-23)18-7-9-19(27-3)10-8-18/h5-12,14,21H,4,13,15H2,1-3H3,(H,24,25,26)/b16-14+. The second kappa shape index (κ2) is 10.6. The Bertz CT molecular complexity index is 890.